The number of benzene rings is 3. The molecule has 2 heterocycles. The summed E-state index contributed by atoms with van der Waals surface area (Å²) in [7, 11) is 0. The van der Waals surface area contributed by atoms with Crippen molar-refractivity contribution in [2.75, 3.05) is 4.90 Å². The highest BCUT2D eigenvalue weighted by Crippen LogP contribution is 2.43. The van der Waals surface area contributed by atoms with Gasteiger partial charge in [-0.05, 0) is 41.7 Å². The van der Waals surface area contributed by atoms with Gasteiger partial charge in [0.05, 0.1) is 0 Å². The normalized spacial score (nSPS) is 11.2. The zero-order valence-electron chi connectivity index (χ0n) is 19.1. The SMILES string of the molecule is C=Cn1ccnc1P(=S)(c1ccc(N(c2ccccc2)c2ccccc2)cc1)c1nccn1C=C. The van der Waals surface area contributed by atoms with Crippen molar-refractivity contribution in [1.29, 1.82) is 0 Å². The van der Waals surface area contributed by atoms with E-state index in [9.17, 15) is 0 Å². The van der Waals surface area contributed by atoms with Crippen molar-refractivity contribution in [2.24, 2.45) is 0 Å². The first-order valence-electron chi connectivity index (χ1n) is 11.1. The van der Waals surface area contributed by atoms with Crippen LogP contribution < -0.4 is 21.3 Å². The molecule has 0 aliphatic heterocycles. The fourth-order valence-electron chi connectivity index (χ4n) is 4.12. The van der Waals surface area contributed by atoms with Gasteiger partial charge in [-0.15, -0.1) is 0 Å². The van der Waals surface area contributed by atoms with Gasteiger partial charge in [-0.25, -0.2) is 9.97 Å². The summed E-state index contributed by atoms with van der Waals surface area (Å²) in [6, 6.07) is 26.4. The molecular weight excluding hydrogens is 469 g/mol. The summed E-state index contributed by atoms with van der Waals surface area (Å²) in [6.07, 6.45) is 10.7. The van der Waals surface area contributed by atoms with E-state index in [-0.39, 0.29) is 0 Å². The second-order valence-corrected chi connectivity index (χ2v) is 11.9. The zero-order chi connectivity index (χ0) is 24.3. The van der Waals surface area contributed by atoms with Gasteiger partial charge < -0.3 is 14.0 Å². The Bertz CT molecular complexity index is 1410. The number of para-hydroxylation sites is 2. The molecule has 0 aliphatic carbocycles. The molecule has 0 atom stereocenters. The molecule has 3 aromatic carbocycles. The van der Waals surface area contributed by atoms with Crippen LogP contribution in [0.5, 0.6) is 0 Å². The molecule has 0 radical (unpaired) electrons. The van der Waals surface area contributed by atoms with Crippen molar-refractivity contribution < 1.29 is 0 Å². The smallest absolute Gasteiger partial charge is 0.157 e. The molecule has 0 unspecified atom stereocenters. The third-order valence-electron chi connectivity index (χ3n) is 5.75. The van der Waals surface area contributed by atoms with E-state index in [2.05, 4.69) is 76.6 Å². The van der Waals surface area contributed by atoms with E-state index in [1.165, 1.54) is 0 Å². The largest absolute Gasteiger partial charge is 0.311 e. The predicted molar refractivity (Wildman–Crippen MR) is 152 cm³/mol. The maximum absolute atomic E-state index is 6.45. The minimum atomic E-state index is -2.61. The molecule has 0 saturated heterocycles. The molecule has 0 bridgehead atoms. The molecule has 0 amide bonds. The van der Waals surface area contributed by atoms with E-state index >= 15 is 0 Å². The molecule has 0 N–H and O–H groups in total. The van der Waals surface area contributed by atoms with E-state index in [0.717, 1.165) is 33.5 Å². The predicted octanol–water partition coefficient (Wildman–Crippen LogP) is 5.51. The Morgan fingerprint density at radius 3 is 1.51 bits per heavy atom. The lowest BCUT2D eigenvalue weighted by atomic mass is 10.2. The number of aromatic nitrogens is 4. The number of hydrogen-bond donors (Lipinski definition) is 0. The summed E-state index contributed by atoms with van der Waals surface area (Å²) in [5.74, 6) is 0. The molecular formula is C28H24N5PS. The third kappa shape index (κ3) is 4.08. The Kier molecular flexibility index (Phi) is 6.32. The molecule has 5 aromatic rings. The van der Waals surface area contributed by atoms with Crippen molar-refractivity contribution >= 4 is 63.7 Å². The van der Waals surface area contributed by atoms with Gasteiger partial charge in [0.2, 0.25) is 0 Å². The van der Waals surface area contributed by atoms with Crippen molar-refractivity contribution in [3.8, 4) is 0 Å². The lowest BCUT2D eigenvalue weighted by molar-refractivity contribution is 1.18. The number of rotatable bonds is 8. The first-order valence-corrected chi connectivity index (χ1v) is 13.9. The second-order valence-electron chi connectivity index (χ2n) is 7.77. The molecule has 2 aromatic heterocycles. The van der Waals surface area contributed by atoms with Crippen LogP contribution in [-0.4, -0.2) is 19.1 Å². The fraction of sp³-hybridized carbons (Fsp3) is 0. The Labute approximate surface area is 210 Å². The van der Waals surface area contributed by atoms with Gasteiger partial charge in [0.25, 0.3) is 0 Å². The van der Waals surface area contributed by atoms with Crippen LogP contribution in [0.4, 0.5) is 17.1 Å². The third-order valence-corrected chi connectivity index (χ3v) is 10.2. The Hall–Kier alpha value is -3.99. The highest BCUT2D eigenvalue weighted by molar-refractivity contribution is 8.25. The first kappa shape index (κ1) is 22.8. The molecule has 7 heteroatoms. The van der Waals surface area contributed by atoms with Crippen LogP contribution in [0.3, 0.4) is 0 Å². The van der Waals surface area contributed by atoms with Crippen LogP contribution in [-0.2, 0) is 11.8 Å². The van der Waals surface area contributed by atoms with E-state index in [1.54, 1.807) is 24.8 Å². The van der Waals surface area contributed by atoms with E-state index in [0.29, 0.717) is 0 Å². The van der Waals surface area contributed by atoms with Crippen LogP contribution in [0.2, 0.25) is 0 Å². The molecule has 0 fully saturated rings. The van der Waals surface area contributed by atoms with Gasteiger partial charge in [0.15, 0.2) is 11.1 Å². The quantitative estimate of drug-likeness (QED) is 0.268. The summed E-state index contributed by atoms with van der Waals surface area (Å²) in [5.41, 5.74) is 4.71. The van der Waals surface area contributed by atoms with Crippen molar-refractivity contribution in [1.82, 2.24) is 19.1 Å². The highest BCUT2D eigenvalue weighted by atomic mass is 32.4. The van der Waals surface area contributed by atoms with Crippen LogP contribution >= 0.6 is 6.04 Å². The summed E-state index contributed by atoms with van der Waals surface area (Å²) < 4.78 is 3.77. The Morgan fingerprint density at radius 1 is 0.657 bits per heavy atom. The first-order chi connectivity index (χ1) is 17.2. The molecule has 35 heavy (non-hydrogen) atoms. The van der Waals surface area contributed by atoms with Crippen LogP contribution in [0.25, 0.3) is 12.4 Å². The van der Waals surface area contributed by atoms with E-state index in [1.807, 2.05) is 57.9 Å². The number of hydrogen-bond acceptors (Lipinski definition) is 4. The fourth-order valence-corrected chi connectivity index (χ4v) is 7.95. The molecule has 5 rings (SSSR count). The molecule has 5 nitrogen and oxygen atoms in total. The number of anilines is 3. The number of imidazole rings is 2. The van der Waals surface area contributed by atoms with Crippen molar-refractivity contribution in [2.45, 2.75) is 0 Å². The average Bonchev–Trinajstić information content (AvgIpc) is 3.60. The molecule has 0 spiro atoms. The lowest BCUT2D eigenvalue weighted by Gasteiger charge is -2.27. The van der Waals surface area contributed by atoms with E-state index < -0.39 is 6.04 Å². The van der Waals surface area contributed by atoms with Crippen molar-refractivity contribution in [3.05, 3.63) is 123 Å². The van der Waals surface area contributed by atoms with E-state index in [4.69, 9.17) is 11.8 Å². The summed E-state index contributed by atoms with van der Waals surface area (Å²) in [4.78, 5) is 11.5. The van der Waals surface area contributed by atoms with Crippen molar-refractivity contribution in [3.63, 3.8) is 0 Å². The van der Waals surface area contributed by atoms with Gasteiger partial charge in [-0.2, -0.15) is 0 Å². The van der Waals surface area contributed by atoms with Crippen LogP contribution in [0, 0.1) is 0 Å². The maximum Gasteiger partial charge on any atom is 0.157 e. The van der Waals surface area contributed by atoms with Crippen LogP contribution in [0.1, 0.15) is 0 Å². The van der Waals surface area contributed by atoms with Crippen LogP contribution in [0.15, 0.2) is 123 Å². The minimum Gasteiger partial charge on any atom is -0.311 e. The zero-order valence-corrected chi connectivity index (χ0v) is 20.8. The topological polar surface area (TPSA) is 38.9 Å². The Balaban J connectivity index is 1.66. The standard InChI is InChI=1S/C28H24N5PS/c1-3-31-21-19-29-27(31)34(35,28-30-20-22-32(28)4-2)26-17-15-25(16-18-26)33(23-11-7-5-8-12-23)24-13-9-6-10-14-24/h3-22H,1-2H2. The van der Waals surface area contributed by atoms with Gasteiger partial charge in [0.1, 0.15) is 6.04 Å². The molecule has 0 aliphatic rings. The van der Waals surface area contributed by atoms with Gasteiger partial charge in [0, 0.05) is 54.2 Å². The number of nitrogens with zero attached hydrogens (tertiary/aromatic N) is 5. The maximum atomic E-state index is 6.45. The monoisotopic (exact) mass is 493 g/mol. The van der Waals surface area contributed by atoms with Gasteiger partial charge in [-0.3, -0.25) is 0 Å². The van der Waals surface area contributed by atoms with Gasteiger partial charge >= 0.3 is 0 Å². The Morgan fingerprint density at radius 2 is 1.09 bits per heavy atom. The lowest BCUT2D eigenvalue weighted by Crippen LogP contribution is -2.33. The molecule has 0 saturated carbocycles. The summed E-state index contributed by atoms with van der Waals surface area (Å²) in [5, 5.41) is 0.987. The molecule has 172 valence electrons. The van der Waals surface area contributed by atoms with Gasteiger partial charge in [-0.1, -0.05) is 73.5 Å². The minimum absolute atomic E-state index is 0.757. The average molecular weight is 494 g/mol. The highest BCUT2D eigenvalue weighted by Gasteiger charge is 2.33. The second kappa shape index (κ2) is 9.71. The summed E-state index contributed by atoms with van der Waals surface area (Å²) in [6.45, 7) is 7.88. The summed E-state index contributed by atoms with van der Waals surface area (Å²) >= 11 is 6.45.